The Labute approximate surface area is 157 Å². The molecule has 0 saturated carbocycles. The van der Waals surface area contributed by atoms with E-state index in [1.165, 1.54) is 31.8 Å². The van der Waals surface area contributed by atoms with Crippen LogP contribution < -0.4 is 4.80 Å². The van der Waals surface area contributed by atoms with Crippen molar-refractivity contribution in [3.05, 3.63) is 46.8 Å². The molecule has 3 aromatic rings. The average molecular weight is 388 g/mol. The highest BCUT2D eigenvalue weighted by Crippen LogP contribution is 2.20. The molecular formula is C17H16N4O5S. The van der Waals surface area contributed by atoms with Gasteiger partial charge < -0.3 is 18.6 Å². The van der Waals surface area contributed by atoms with Crippen LogP contribution in [-0.4, -0.2) is 46.2 Å². The van der Waals surface area contributed by atoms with Crippen molar-refractivity contribution in [1.82, 2.24) is 14.1 Å². The second-order valence-electron chi connectivity index (χ2n) is 5.50. The predicted octanol–water partition coefficient (Wildman–Crippen LogP) is 1.14. The number of ether oxygens (including phenoxy) is 2. The number of carbonyl (C=O) groups is 3. The van der Waals surface area contributed by atoms with Crippen LogP contribution in [0.4, 0.5) is 0 Å². The lowest BCUT2D eigenvalue weighted by Gasteiger charge is -2.04. The topological polar surface area (TPSA) is 105 Å². The third-order valence-electron chi connectivity index (χ3n) is 3.83. The van der Waals surface area contributed by atoms with E-state index in [9.17, 15) is 14.4 Å². The van der Waals surface area contributed by atoms with Gasteiger partial charge in [-0.1, -0.05) is 11.3 Å². The zero-order valence-corrected chi connectivity index (χ0v) is 15.6. The van der Waals surface area contributed by atoms with Gasteiger partial charge in [0.2, 0.25) is 5.82 Å². The lowest BCUT2D eigenvalue weighted by molar-refractivity contribution is -0.141. The molecule has 0 aliphatic rings. The maximum Gasteiger partial charge on any atom is 0.337 e. The number of amides is 1. The zero-order valence-electron chi connectivity index (χ0n) is 14.8. The summed E-state index contributed by atoms with van der Waals surface area (Å²) in [5, 5.41) is 0. The number of thiazole rings is 1. The summed E-state index contributed by atoms with van der Waals surface area (Å²) in [7, 11) is 4.26. The normalized spacial score (nSPS) is 11.6. The molecule has 2 heterocycles. The Morgan fingerprint density at radius 1 is 1.22 bits per heavy atom. The highest BCUT2D eigenvalue weighted by molar-refractivity contribution is 7.16. The number of rotatable bonds is 4. The summed E-state index contributed by atoms with van der Waals surface area (Å²) in [4.78, 5) is 44.4. The van der Waals surface area contributed by atoms with Crippen LogP contribution in [-0.2, 0) is 27.9 Å². The molecule has 2 aromatic heterocycles. The van der Waals surface area contributed by atoms with Crippen molar-refractivity contribution < 1.29 is 23.9 Å². The first-order chi connectivity index (χ1) is 12.9. The van der Waals surface area contributed by atoms with E-state index in [0.717, 1.165) is 0 Å². The third kappa shape index (κ3) is 3.65. The van der Waals surface area contributed by atoms with E-state index in [1.807, 2.05) is 0 Å². The maximum absolute atomic E-state index is 12.5. The predicted molar refractivity (Wildman–Crippen MR) is 96.3 cm³/mol. The zero-order chi connectivity index (χ0) is 19.6. The van der Waals surface area contributed by atoms with Crippen molar-refractivity contribution in [2.75, 3.05) is 14.2 Å². The Bertz CT molecular complexity index is 1110. The van der Waals surface area contributed by atoms with Gasteiger partial charge in [0.05, 0.1) is 30.0 Å². The minimum absolute atomic E-state index is 0.124. The molecule has 3 rings (SSSR count). The van der Waals surface area contributed by atoms with Crippen molar-refractivity contribution in [2.45, 2.75) is 6.54 Å². The fraction of sp³-hybridized carbons (Fsp3) is 0.235. The molecule has 0 N–H and O–H groups in total. The Morgan fingerprint density at radius 3 is 2.63 bits per heavy atom. The van der Waals surface area contributed by atoms with Gasteiger partial charge in [-0.15, -0.1) is 0 Å². The molecule has 140 valence electrons. The first-order valence-corrected chi connectivity index (χ1v) is 8.61. The van der Waals surface area contributed by atoms with E-state index in [1.54, 1.807) is 40.6 Å². The second-order valence-corrected chi connectivity index (χ2v) is 6.51. The van der Waals surface area contributed by atoms with Crippen LogP contribution in [0.2, 0.25) is 0 Å². The summed E-state index contributed by atoms with van der Waals surface area (Å²) >= 11 is 1.17. The van der Waals surface area contributed by atoms with E-state index < -0.39 is 17.8 Å². The number of aromatic nitrogens is 3. The molecule has 0 unspecified atom stereocenters. The number of aryl methyl sites for hydroxylation is 1. The molecule has 10 heteroatoms. The number of benzene rings is 1. The number of fused-ring (bicyclic) bond motifs is 1. The SMILES string of the molecule is COC(=O)Cn1c(=NC(=O)c2nccn2C)sc2cc(C(=O)OC)ccc21. The van der Waals surface area contributed by atoms with Gasteiger partial charge in [0.15, 0.2) is 4.80 Å². The summed E-state index contributed by atoms with van der Waals surface area (Å²) in [6.07, 6.45) is 3.14. The monoisotopic (exact) mass is 388 g/mol. The first kappa shape index (κ1) is 18.5. The lowest BCUT2D eigenvalue weighted by atomic mass is 10.2. The molecule has 0 aliphatic carbocycles. The Balaban J connectivity index is 2.17. The van der Waals surface area contributed by atoms with Gasteiger partial charge in [0.1, 0.15) is 6.54 Å². The van der Waals surface area contributed by atoms with E-state index in [0.29, 0.717) is 20.6 Å². The minimum atomic E-state index is -0.541. The summed E-state index contributed by atoms with van der Waals surface area (Å²) in [6, 6.07) is 4.88. The molecule has 0 spiro atoms. The van der Waals surface area contributed by atoms with Crippen molar-refractivity contribution in [3.8, 4) is 0 Å². The van der Waals surface area contributed by atoms with Gasteiger partial charge in [-0.25, -0.2) is 9.78 Å². The van der Waals surface area contributed by atoms with Gasteiger partial charge in [-0.05, 0) is 18.2 Å². The maximum atomic E-state index is 12.5. The van der Waals surface area contributed by atoms with E-state index in [4.69, 9.17) is 9.47 Å². The quantitative estimate of drug-likeness (QED) is 0.621. The molecule has 0 atom stereocenters. The minimum Gasteiger partial charge on any atom is -0.468 e. The van der Waals surface area contributed by atoms with E-state index in [2.05, 4.69) is 9.98 Å². The number of imidazole rings is 1. The number of methoxy groups -OCH3 is 2. The third-order valence-corrected chi connectivity index (χ3v) is 4.87. The van der Waals surface area contributed by atoms with Gasteiger partial charge in [0.25, 0.3) is 0 Å². The van der Waals surface area contributed by atoms with Crippen LogP contribution >= 0.6 is 11.3 Å². The lowest BCUT2D eigenvalue weighted by Crippen LogP contribution is -2.23. The molecule has 27 heavy (non-hydrogen) atoms. The molecule has 0 saturated heterocycles. The molecule has 9 nitrogen and oxygen atoms in total. The van der Waals surface area contributed by atoms with Crippen LogP contribution in [0, 0.1) is 0 Å². The van der Waals surface area contributed by atoms with Crippen LogP contribution in [0.15, 0.2) is 35.6 Å². The fourth-order valence-electron chi connectivity index (χ4n) is 2.46. The molecule has 0 aliphatic heterocycles. The van der Waals surface area contributed by atoms with Crippen LogP contribution in [0.25, 0.3) is 10.2 Å². The highest BCUT2D eigenvalue weighted by Gasteiger charge is 2.16. The molecular weight excluding hydrogens is 372 g/mol. The standard InChI is InChI=1S/C17H16N4O5S/c1-20-7-6-18-14(20)15(23)19-17-21(9-13(22)25-2)11-5-4-10(16(24)26-3)8-12(11)27-17/h4-8H,9H2,1-3H3. The summed E-state index contributed by atoms with van der Waals surface area (Å²) in [5.74, 6) is -1.33. The van der Waals surface area contributed by atoms with Gasteiger partial charge >= 0.3 is 17.8 Å². The summed E-state index contributed by atoms with van der Waals surface area (Å²) < 4.78 is 13.3. The van der Waals surface area contributed by atoms with E-state index in [-0.39, 0.29) is 12.4 Å². The van der Waals surface area contributed by atoms with Crippen molar-refractivity contribution in [2.24, 2.45) is 12.0 Å². The largest absolute Gasteiger partial charge is 0.468 e. The van der Waals surface area contributed by atoms with E-state index >= 15 is 0 Å². The van der Waals surface area contributed by atoms with Crippen LogP contribution in [0.1, 0.15) is 21.0 Å². The smallest absolute Gasteiger partial charge is 0.337 e. The van der Waals surface area contributed by atoms with Crippen LogP contribution in [0.3, 0.4) is 0 Å². The first-order valence-electron chi connectivity index (χ1n) is 7.79. The van der Waals surface area contributed by atoms with Crippen molar-refractivity contribution in [1.29, 1.82) is 0 Å². The Kier molecular flexibility index (Phi) is 5.17. The Hall–Kier alpha value is -3.27. The van der Waals surface area contributed by atoms with Gasteiger partial charge in [0, 0.05) is 19.4 Å². The number of hydrogen-bond acceptors (Lipinski definition) is 7. The Morgan fingerprint density at radius 2 is 2.00 bits per heavy atom. The fourth-order valence-corrected chi connectivity index (χ4v) is 3.53. The van der Waals surface area contributed by atoms with Crippen LogP contribution in [0.5, 0.6) is 0 Å². The number of carbonyl (C=O) groups excluding carboxylic acids is 3. The van der Waals surface area contributed by atoms with Gasteiger partial charge in [-0.2, -0.15) is 4.99 Å². The van der Waals surface area contributed by atoms with Crippen molar-refractivity contribution in [3.63, 3.8) is 0 Å². The molecule has 0 fully saturated rings. The number of esters is 2. The highest BCUT2D eigenvalue weighted by atomic mass is 32.1. The number of nitrogens with zero attached hydrogens (tertiary/aromatic N) is 4. The molecule has 0 bridgehead atoms. The second kappa shape index (κ2) is 7.54. The summed E-state index contributed by atoms with van der Waals surface area (Å²) in [5.41, 5.74) is 1.00. The molecule has 1 amide bonds. The molecule has 0 radical (unpaired) electrons. The number of hydrogen-bond donors (Lipinski definition) is 0. The summed E-state index contributed by atoms with van der Waals surface area (Å²) in [6.45, 7) is -0.124. The average Bonchev–Trinajstić information content (AvgIpc) is 3.24. The van der Waals surface area contributed by atoms with Gasteiger partial charge in [-0.3, -0.25) is 9.59 Å². The molecule has 1 aromatic carbocycles. The van der Waals surface area contributed by atoms with Crippen molar-refractivity contribution >= 4 is 39.4 Å².